The molecule has 13 nitrogen and oxygen atoms in total. The molecule has 1 saturated heterocycles. The second kappa shape index (κ2) is 18.9. The first-order valence-electron chi connectivity index (χ1n) is 17.6. The minimum Gasteiger partial charge on any atom is -0.494 e. The lowest BCUT2D eigenvalue weighted by molar-refractivity contribution is -0.142. The van der Waals surface area contributed by atoms with Crippen LogP contribution in [0, 0.1) is 0 Å². The first kappa shape index (κ1) is 37.4. The Bertz CT molecular complexity index is 1680. The number of carbonyl (C=O) groups is 2. The lowest BCUT2D eigenvalue weighted by Gasteiger charge is -2.40. The summed E-state index contributed by atoms with van der Waals surface area (Å²) in [6, 6.07) is 19.0. The highest BCUT2D eigenvalue weighted by Crippen LogP contribution is 2.35. The van der Waals surface area contributed by atoms with Crippen molar-refractivity contribution in [3.05, 3.63) is 90.0 Å². The van der Waals surface area contributed by atoms with E-state index < -0.39 is 11.5 Å². The van der Waals surface area contributed by atoms with Gasteiger partial charge in [0.05, 0.1) is 18.2 Å². The van der Waals surface area contributed by atoms with E-state index in [2.05, 4.69) is 42.7 Å². The second-order valence-electron chi connectivity index (χ2n) is 12.9. The Morgan fingerprint density at radius 2 is 1.67 bits per heavy atom. The summed E-state index contributed by atoms with van der Waals surface area (Å²) in [5.74, 6) is 1.11. The fourth-order valence-electron chi connectivity index (χ4n) is 5.99. The number of aromatic nitrogens is 4. The number of nitrogens with zero attached hydrogens (tertiary/aromatic N) is 4. The number of carboxylic acid groups (broad SMARTS) is 1. The van der Waals surface area contributed by atoms with Crippen LogP contribution in [0.4, 0.5) is 5.69 Å². The third kappa shape index (κ3) is 11.3. The summed E-state index contributed by atoms with van der Waals surface area (Å²) in [4.78, 5) is 33.8. The topological polar surface area (TPSA) is 164 Å². The zero-order valence-corrected chi connectivity index (χ0v) is 29.5. The average Bonchev–Trinajstić information content (AvgIpc) is 3.65. The molecule has 1 amide bonds. The van der Waals surface area contributed by atoms with Gasteiger partial charge in [-0.2, -0.15) is 0 Å². The Kier molecular flexibility index (Phi) is 13.9. The second-order valence-corrected chi connectivity index (χ2v) is 12.9. The molecular formula is C38H49N7O6. The largest absolute Gasteiger partial charge is 0.494 e. The van der Waals surface area contributed by atoms with Crippen molar-refractivity contribution < 1.29 is 28.9 Å². The third-order valence-corrected chi connectivity index (χ3v) is 8.95. The van der Waals surface area contributed by atoms with Gasteiger partial charge in [-0.3, -0.25) is 9.78 Å². The molecule has 4 aromatic rings. The van der Waals surface area contributed by atoms with Gasteiger partial charge in [0.1, 0.15) is 12.4 Å². The molecule has 0 radical (unpaired) electrons. The molecule has 1 aliphatic rings. The summed E-state index contributed by atoms with van der Waals surface area (Å²) >= 11 is 0. The smallest absolute Gasteiger partial charge is 0.329 e. The van der Waals surface area contributed by atoms with Gasteiger partial charge in [-0.1, -0.05) is 18.2 Å². The predicted octanol–water partition coefficient (Wildman–Crippen LogP) is 5.45. The van der Waals surface area contributed by atoms with E-state index in [4.69, 9.17) is 19.3 Å². The molecule has 1 atom stereocenters. The van der Waals surface area contributed by atoms with E-state index in [1.807, 2.05) is 67.6 Å². The van der Waals surface area contributed by atoms with Crippen LogP contribution in [0.3, 0.4) is 0 Å². The minimum absolute atomic E-state index is 0.162. The third-order valence-electron chi connectivity index (χ3n) is 8.95. The van der Waals surface area contributed by atoms with Crippen molar-refractivity contribution in [1.82, 2.24) is 30.4 Å². The SMILES string of the molecule is CC(NC(=O)c1cccc(NC2(c3nnc(-c4ccncc4)[nH]3)CCN(C)CC2)c1)c1cccc(OCCCCCOCCCOCC(=O)O)c1. The summed E-state index contributed by atoms with van der Waals surface area (Å²) in [5, 5.41) is 24.5. The summed E-state index contributed by atoms with van der Waals surface area (Å²) in [6.07, 6.45) is 8.58. The molecule has 0 bridgehead atoms. The number of unbranched alkanes of at least 4 members (excludes halogenated alkanes) is 2. The van der Waals surface area contributed by atoms with Crippen molar-refractivity contribution in [2.45, 2.75) is 57.0 Å². The number of anilines is 1. The van der Waals surface area contributed by atoms with Gasteiger partial charge in [-0.15, -0.1) is 10.2 Å². The first-order valence-corrected chi connectivity index (χ1v) is 17.6. The van der Waals surface area contributed by atoms with Crippen LogP contribution >= 0.6 is 0 Å². The van der Waals surface area contributed by atoms with Crippen LogP contribution in [0.1, 0.15) is 73.2 Å². The highest BCUT2D eigenvalue weighted by molar-refractivity contribution is 5.95. The number of hydrogen-bond acceptors (Lipinski definition) is 10. The Morgan fingerprint density at radius 1 is 0.922 bits per heavy atom. The van der Waals surface area contributed by atoms with E-state index >= 15 is 0 Å². The molecule has 2 aromatic carbocycles. The molecule has 51 heavy (non-hydrogen) atoms. The highest BCUT2D eigenvalue weighted by Gasteiger charge is 2.39. The minimum atomic E-state index is -0.962. The zero-order chi connectivity index (χ0) is 35.9. The van der Waals surface area contributed by atoms with E-state index in [9.17, 15) is 9.59 Å². The zero-order valence-electron chi connectivity index (χ0n) is 29.5. The van der Waals surface area contributed by atoms with Gasteiger partial charge in [0.25, 0.3) is 5.91 Å². The summed E-state index contributed by atoms with van der Waals surface area (Å²) in [7, 11) is 2.12. The number of ether oxygens (including phenoxy) is 3. The summed E-state index contributed by atoms with van der Waals surface area (Å²) in [6.45, 7) is 5.65. The Hall–Kier alpha value is -4.85. The number of amides is 1. The van der Waals surface area contributed by atoms with Crippen molar-refractivity contribution in [2.75, 3.05) is 58.5 Å². The maximum atomic E-state index is 13.5. The number of nitrogens with one attached hydrogen (secondary N) is 3. The Balaban J connectivity index is 1.10. The maximum Gasteiger partial charge on any atom is 0.329 e. The van der Waals surface area contributed by atoms with Gasteiger partial charge >= 0.3 is 5.97 Å². The van der Waals surface area contributed by atoms with E-state index in [0.29, 0.717) is 44.2 Å². The molecular weight excluding hydrogens is 650 g/mol. The van der Waals surface area contributed by atoms with Crippen molar-refractivity contribution in [3.8, 4) is 17.1 Å². The van der Waals surface area contributed by atoms with Gasteiger partial charge < -0.3 is 39.8 Å². The van der Waals surface area contributed by atoms with Crippen molar-refractivity contribution >= 4 is 17.6 Å². The average molecular weight is 700 g/mol. The number of aliphatic carboxylic acids is 1. The van der Waals surface area contributed by atoms with Gasteiger partial charge in [0.2, 0.25) is 0 Å². The van der Waals surface area contributed by atoms with Crippen LogP contribution in [-0.4, -0.2) is 95.2 Å². The molecule has 3 heterocycles. The van der Waals surface area contributed by atoms with E-state index in [-0.39, 0.29) is 18.6 Å². The van der Waals surface area contributed by atoms with Crippen molar-refractivity contribution in [3.63, 3.8) is 0 Å². The predicted molar refractivity (Wildman–Crippen MR) is 194 cm³/mol. The number of aromatic amines is 1. The number of piperidine rings is 1. The molecule has 13 heteroatoms. The number of hydrogen-bond donors (Lipinski definition) is 4. The Morgan fingerprint density at radius 3 is 2.47 bits per heavy atom. The van der Waals surface area contributed by atoms with Gasteiger partial charge in [-0.25, -0.2) is 4.79 Å². The number of pyridine rings is 1. The number of benzene rings is 2. The standard InChI is InChI=1S/C38H49N7O6/c1-28(30-9-7-12-33(26-30)51-24-5-3-4-21-49-22-8-23-50-27-34(46)47)40-36(48)31-10-6-11-32(25-31)42-38(15-19-45(2)20-16-38)37-41-35(43-44-37)29-13-17-39-18-14-29/h6-7,9-14,17-18,25-26,28,42H,3-5,8,15-16,19-24,27H2,1-2H3,(H,40,48)(H,46,47)(H,41,43,44). The molecule has 4 N–H and O–H groups in total. The monoisotopic (exact) mass is 699 g/mol. The van der Waals surface area contributed by atoms with Crippen molar-refractivity contribution in [1.29, 1.82) is 0 Å². The van der Waals surface area contributed by atoms with Gasteiger partial charge in [-0.05, 0) is 101 Å². The van der Waals surface area contributed by atoms with Crippen LogP contribution in [0.2, 0.25) is 0 Å². The van der Waals surface area contributed by atoms with E-state index in [1.54, 1.807) is 12.4 Å². The summed E-state index contributed by atoms with van der Waals surface area (Å²) < 4.78 is 16.6. The van der Waals surface area contributed by atoms with Crippen LogP contribution in [0.25, 0.3) is 11.4 Å². The van der Waals surface area contributed by atoms with Crippen molar-refractivity contribution in [2.24, 2.45) is 0 Å². The lowest BCUT2D eigenvalue weighted by atomic mass is 9.86. The molecule has 1 fully saturated rings. The molecule has 272 valence electrons. The van der Waals surface area contributed by atoms with Crippen LogP contribution in [0.5, 0.6) is 5.75 Å². The number of rotatable bonds is 20. The van der Waals surface area contributed by atoms with Crippen LogP contribution in [0.15, 0.2) is 73.1 Å². The molecule has 5 rings (SSSR count). The van der Waals surface area contributed by atoms with Crippen LogP contribution in [-0.2, 0) is 19.8 Å². The molecule has 0 aliphatic carbocycles. The Labute approximate surface area is 299 Å². The molecule has 0 spiro atoms. The maximum absolute atomic E-state index is 13.5. The molecule has 0 saturated carbocycles. The lowest BCUT2D eigenvalue weighted by Crippen LogP contribution is -2.46. The number of likely N-dealkylation sites (tertiary alicyclic amines) is 1. The number of carbonyl (C=O) groups excluding carboxylic acids is 1. The normalized spacial score (nSPS) is 14.9. The van der Waals surface area contributed by atoms with E-state index in [1.165, 1.54) is 0 Å². The molecule has 2 aromatic heterocycles. The quantitative estimate of drug-likeness (QED) is 0.0868. The fourth-order valence-corrected chi connectivity index (χ4v) is 5.99. The van der Waals surface area contributed by atoms with Gasteiger partial charge in [0, 0.05) is 62.1 Å². The van der Waals surface area contributed by atoms with E-state index in [0.717, 1.165) is 73.6 Å². The fraction of sp³-hybridized carbons (Fsp3) is 0.447. The molecule has 1 aliphatic heterocycles. The van der Waals surface area contributed by atoms with Gasteiger partial charge in [0.15, 0.2) is 11.6 Å². The molecule has 1 unspecified atom stereocenters. The summed E-state index contributed by atoms with van der Waals surface area (Å²) in [5.41, 5.74) is 2.81. The van der Waals surface area contributed by atoms with Crippen LogP contribution < -0.4 is 15.4 Å². The number of carboxylic acids is 1. The first-order chi connectivity index (χ1) is 24.8. The number of H-pyrrole nitrogens is 1. The highest BCUT2D eigenvalue weighted by atomic mass is 16.5.